The molecule has 0 aromatic heterocycles. The Morgan fingerprint density at radius 1 is 1.19 bits per heavy atom. The summed E-state index contributed by atoms with van der Waals surface area (Å²) in [6, 6.07) is -1.44. The summed E-state index contributed by atoms with van der Waals surface area (Å²) < 4.78 is 80.5. The van der Waals surface area contributed by atoms with Crippen molar-refractivity contribution in [3.05, 3.63) is 35.1 Å². The van der Waals surface area contributed by atoms with E-state index in [9.17, 15) is 31.1 Å². The van der Waals surface area contributed by atoms with Crippen LogP contribution in [0.25, 0.3) is 0 Å². The standard InChI is InChI=1S/C12H11F6NO2/c1-2-21-11(20)10(19-5-12(16,17)18)6-3-8(14)9(15)4-7(6)13/h3-4,10,19H,2,5H2,1H3. The molecule has 0 aliphatic carbocycles. The van der Waals surface area contributed by atoms with Crippen LogP contribution in [0.2, 0.25) is 0 Å². The Balaban J connectivity index is 3.11. The summed E-state index contributed by atoms with van der Waals surface area (Å²) in [5.74, 6) is -5.60. The van der Waals surface area contributed by atoms with Crippen molar-refractivity contribution in [3.63, 3.8) is 0 Å². The topological polar surface area (TPSA) is 38.3 Å². The van der Waals surface area contributed by atoms with Crippen molar-refractivity contribution in [1.82, 2.24) is 5.32 Å². The summed E-state index contributed by atoms with van der Waals surface area (Å²) in [4.78, 5) is 11.6. The first-order valence-corrected chi connectivity index (χ1v) is 5.77. The highest BCUT2D eigenvalue weighted by Gasteiger charge is 2.33. The molecule has 0 aliphatic rings. The molecule has 0 saturated heterocycles. The van der Waals surface area contributed by atoms with Gasteiger partial charge in [-0.3, -0.25) is 5.32 Å². The average Bonchev–Trinajstić information content (AvgIpc) is 2.34. The van der Waals surface area contributed by atoms with Gasteiger partial charge in [-0.1, -0.05) is 0 Å². The van der Waals surface area contributed by atoms with E-state index < -0.39 is 47.7 Å². The number of alkyl halides is 3. The largest absolute Gasteiger partial charge is 0.465 e. The van der Waals surface area contributed by atoms with Gasteiger partial charge in [0.2, 0.25) is 0 Å². The summed E-state index contributed by atoms with van der Waals surface area (Å²) in [6.07, 6.45) is -4.68. The van der Waals surface area contributed by atoms with E-state index in [-0.39, 0.29) is 12.7 Å². The number of hydrogen-bond donors (Lipinski definition) is 1. The molecule has 0 heterocycles. The molecule has 0 aliphatic heterocycles. The minimum atomic E-state index is -4.68. The van der Waals surface area contributed by atoms with Crippen LogP contribution in [-0.2, 0) is 9.53 Å². The third-order valence-electron chi connectivity index (χ3n) is 2.38. The van der Waals surface area contributed by atoms with Crippen molar-refractivity contribution >= 4 is 5.97 Å². The van der Waals surface area contributed by atoms with Crippen LogP contribution in [-0.4, -0.2) is 25.3 Å². The Morgan fingerprint density at radius 2 is 1.76 bits per heavy atom. The van der Waals surface area contributed by atoms with Crippen LogP contribution in [0.15, 0.2) is 12.1 Å². The summed E-state index contributed by atoms with van der Waals surface area (Å²) in [6.45, 7) is -0.413. The number of esters is 1. The number of carbonyl (C=O) groups is 1. The van der Waals surface area contributed by atoms with Gasteiger partial charge in [0.05, 0.1) is 13.2 Å². The SMILES string of the molecule is CCOC(=O)C(NCC(F)(F)F)c1cc(F)c(F)cc1F. The summed E-state index contributed by atoms with van der Waals surface area (Å²) in [5.41, 5.74) is -0.767. The Kier molecular flexibility index (Phi) is 5.59. The number of halogens is 6. The maximum atomic E-state index is 13.6. The van der Waals surface area contributed by atoms with E-state index in [1.54, 1.807) is 5.32 Å². The molecule has 0 spiro atoms. The third-order valence-corrected chi connectivity index (χ3v) is 2.38. The van der Waals surface area contributed by atoms with Gasteiger partial charge in [-0.15, -0.1) is 0 Å². The van der Waals surface area contributed by atoms with Crippen LogP contribution in [0.4, 0.5) is 26.3 Å². The van der Waals surface area contributed by atoms with Gasteiger partial charge in [-0.25, -0.2) is 18.0 Å². The minimum absolute atomic E-state index is 0.145. The van der Waals surface area contributed by atoms with E-state index in [1.807, 2.05) is 0 Å². The number of carbonyl (C=O) groups excluding carboxylic acids is 1. The molecule has 1 unspecified atom stereocenters. The van der Waals surface area contributed by atoms with Crippen LogP contribution >= 0.6 is 0 Å². The minimum Gasteiger partial charge on any atom is -0.465 e. The average molecular weight is 315 g/mol. The number of rotatable bonds is 5. The van der Waals surface area contributed by atoms with Crippen LogP contribution in [0.3, 0.4) is 0 Å². The van der Waals surface area contributed by atoms with Gasteiger partial charge >= 0.3 is 12.1 Å². The molecule has 0 amide bonds. The second-order valence-corrected chi connectivity index (χ2v) is 3.97. The van der Waals surface area contributed by atoms with Crippen LogP contribution in [0.1, 0.15) is 18.5 Å². The molecule has 1 atom stereocenters. The lowest BCUT2D eigenvalue weighted by Crippen LogP contribution is -2.37. The molecule has 1 N–H and O–H groups in total. The molecule has 0 radical (unpaired) electrons. The zero-order valence-corrected chi connectivity index (χ0v) is 10.7. The molecule has 0 fully saturated rings. The summed E-state index contributed by atoms with van der Waals surface area (Å²) in [5, 5.41) is 1.72. The summed E-state index contributed by atoms with van der Waals surface area (Å²) >= 11 is 0. The maximum absolute atomic E-state index is 13.6. The lowest BCUT2D eigenvalue weighted by molar-refractivity contribution is -0.149. The molecule has 1 aromatic rings. The Labute approximate surface area is 115 Å². The molecule has 3 nitrogen and oxygen atoms in total. The molecule has 1 aromatic carbocycles. The van der Waals surface area contributed by atoms with Crippen molar-refractivity contribution in [2.24, 2.45) is 0 Å². The highest BCUT2D eigenvalue weighted by molar-refractivity contribution is 5.77. The van der Waals surface area contributed by atoms with Gasteiger partial charge < -0.3 is 4.74 Å². The lowest BCUT2D eigenvalue weighted by Gasteiger charge is -2.19. The molecule has 21 heavy (non-hydrogen) atoms. The number of ether oxygens (including phenoxy) is 1. The zero-order valence-electron chi connectivity index (χ0n) is 10.7. The first kappa shape index (κ1) is 17.3. The van der Waals surface area contributed by atoms with Crippen LogP contribution in [0.5, 0.6) is 0 Å². The molecule has 118 valence electrons. The number of nitrogens with one attached hydrogen (secondary N) is 1. The van der Waals surface area contributed by atoms with Crippen molar-refractivity contribution < 1.29 is 35.9 Å². The van der Waals surface area contributed by atoms with E-state index in [2.05, 4.69) is 4.74 Å². The van der Waals surface area contributed by atoms with Crippen molar-refractivity contribution in [3.8, 4) is 0 Å². The highest BCUT2D eigenvalue weighted by atomic mass is 19.4. The smallest absolute Gasteiger partial charge is 0.401 e. The van der Waals surface area contributed by atoms with E-state index in [0.29, 0.717) is 6.07 Å². The van der Waals surface area contributed by atoms with Gasteiger partial charge in [0.15, 0.2) is 11.6 Å². The Hall–Kier alpha value is -1.77. The number of benzene rings is 1. The highest BCUT2D eigenvalue weighted by Crippen LogP contribution is 2.23. The quantitative estimate of drug-likeness (QED) is 0.516. The van der Waals surface area contributed by atoms with Crippen molar-refractivity contribution in [2.75, 3.05) is 13.2 Å². The molecule has 1 rings (SSSR count). The number of hydrogen-bond acceptors (Lipinski definition) is 3. The maximum Gasteiger partial charge on any atom is 0.401 e. The predicted molar refractivity (Wildman–Crippen MR) is 59.7 cm³/mol. The van der Waals surface area contributed by atoms with Crippen molar-refractivity contribution in [1.29, 1.82) is 0 Å². The second kappa shape index (κ2) is 6.79. The summed E-state index contributed by atoms with van der Waals surface area (Å²) in [7, 11) is 0. The molecule has 0 bridgehead atoms. The van der Waals surface area contributed by atoms with E-state index in [0.717, 1.165) is 0 Å². The predicted octanol–water partition coefficient (Wildman–Crippen LogP) is 2.86. The van der Waals surface area contributed by atoms with Gasteiger partial charge in [0, 0.05) is 11.6 Å². The van der Waals surface area contributed by atoms with Gasteiger partial charge in [0.25, 0.3) is 0 Å². The molecule has 0 saturated carbocycles. The molecular formula is C12H11F6NO2. The second-order valence-electron chi connectivity index (χ2n) is 3.97. The monoisotopic (exact) mass is 315 g/mol. The van der Waals surface area contributed by atoms with Gasteiger partial charge in [-0.05, 0) is 13.0 Å². The first-order chi connectivity index (χ1) is 9.65. The van der Waals surface area contributed by atoms with Gasteiger partial charge in [0.1, 0.15) is 11.9 Å². The Morgan fingerprint density at radius 3 is 2.29 bits per heavy atom. The van der Waals surface area contributed by atoms with Crippen LogP contribution in [0, 0.1) is 17.5 Å². The van der Waals surface area contributed by atoms with Crippen molar-refractivity contribution in [2.45, 2.75) is 19.1 Å². The molecule has 9 heteroatoms. The van der Waals surface area contributed by atoms with Gasteiger partial charge in [-0.2, -0.15) is 13.2 Å². The lowest BCUT2D eigenvalue weighted by atomic mass is 10.1. The first-order valence-electron chi connectivity index (χ1n) is 5.77. The molecular weight excluding hydrogens is 304 g/mol. The van der Waals surface area contributed by atoms with Crippen LogP contribution < -0.4 is 5.32 Å². The fourth-order valence-electron chi connectivity index (χ4n) is 1.52. The Bertz CT molecular complexity index is 517. The fraction of sp³-hybridized carbons (Fsp3) is 0.417. The zero-order chi connectivity index (χ0) is 16.2. The fourth-order valence-corrected chi connectivity index (χ4v) is 1.52. The van der Waals surface area contributed by atoms with E-state index in [1.165, 1.54) is 6.92 Å². The third kappa shape index (κ3) is 4.92. The normalized spacial score (nSPS) is 13.1. The van der Waals surface area contributed by atoms with E-state index >= 15 is 0 Å². The van der Waals surface area contributed by atoms with E-state index in [4.69, 9.17) is 0 Å².